The van der Waals surface area contributed by atoms with Gasteiger partial charge in [0.25, 0.3) is 0 Å². The fourth-order valence-corrected chi connectivity index (χ4v) is 1.14. The lowest BCUT2D eigenvalue weighted by Crippen LogP contribution is -2.26. The van der Waals surface area contributed by atoms with Crippen molar-refractivity contribution >= 4 is 12.8 Å². The molecule has 17 heavy (non-hydrogen) atoms. The summed E-state index contributed by atoms with van der Waals surface area (Å²) in [5.41, 5.74) is 5.42. The average molecular weight is 238 g/mol. The first-order valence-corrected chi connectivity index (χ1v) is 5.63. The first-order chi connectivity index (χ1) is 8.24. The lowest BCUT2D eigenvalue weighted by Gasteiger charge is -2.08. The van der Waals surface area contributed by atoms with Gasteiger partial charge in [-0.1, -0.05) is 44.2 Å². The van der Waals surface area contributed by atoms with Crippen molar-refractivity contribution in [2.75, 3.05) is 0 Å². The number of amides is 2. The maximum atomic E-state index is 10.1. The highest BCUT2D eigenvalue weighted by atomic mass is 16.1. The molecule has 1 atom stereocenters. The van der Waals surface area contributed by atoms with Crippen LogP contribution in [0, 0.1) is 0 Å². The summed E-state index contributed by atoms with van der Waals surface area (Å²) in [7, 11) is 0. The number of hydrogen-bond acceptors (Lipinski definition) is 2. The van der Waals surface area contributed by atoms with E-state index < -0.39 is 0 Å². The molecule has 4 nitrogen and oxygen atoms in total. The van der Waals surface area contributed by atoms with Crippen LogP contribution in [-0.2, 0) is 16.0 Å². The van der Waals surface area contributed by atoms with Gasteiger partial charge in [0.2, 0.25) is 12.8 Å². The van der Waals surface area contributed by atoms with E-state index in [4.69, 9.17) is 4.79 Å². The molecule has 1 rings (SSSR count). The number of hydrogen-bond donors (Lipinski definition) is 2. The third kappa shape index (κ3) is 12.1. The molecule has 0 saturated carbocycles. The van der Waals surface area contributed by atoms with Crippen molar-refractivity contribution in [1.82, 2.24) is 5.32 Å². The van der Waals surface area contributed by atoms with E-state index in [9.17, 15) is 4.79 Å². The molecule has 0 aliphatic heterocycles. The van der Waals surface area contributed by atoms with Crippen LogP contribution in [0.1, 0.15) is 26.3 Å². The van der Waals surface area contributed by atoms with Gasteiger partial charge in [-0.05, 0) is 18.9 Å². The molecule has 0 fully saturated rings. The Morgan fingerprint density at radius 2 is 1.71 bits per heavy atom. The Hall–Kier alpha value is -1.84. The molecular weight excluding hydrogens is 216 g/mol. The smallest absolute Gasteiger partial charge is 0.207 e. The van der Waals surface area contributed by atoms with Crippen LogP contribution >= 0.6 is 0 Å². The summed E-state index contributed by atoms with van der Waals surface area (Å²) in [6.07, 6.45) is 1.88. The minimum atomic E-state index is 0.213. The third-order valence-corrected chi connectivity index (χ3v) is 1.74. The molecule has 4 heteroatoms. The fourth-order valence-electron chi connectivity index (χ4n) is 1.14. The zero-order valence-electron chi connectivity index (χ0n) is 10.7. The summed E-state index contributed by atoms with van der Waals surface area (Å²) < 4.78 is 0. The minimum Gasteiger partial charge on any atom is -0.372 e. The molecule has 0 bridgehead atoms. The summed E-state index contributed by atoms with van der Waals surface area (Å²) in [5, 5.41) is 2.71. The van der Waals surface area contributed by atoms with Crippen molar-refractivity contribution in [3.05, 3.63) is 35.9 Å². The van der Waals surface area contributed by atoms with Crippen molar-refractivity contribution in [2.24, 2.45) is 5.73 Å². The molecule has 96 valence electrons. The summed E-state index contributed by atoms with van der Waals surface area (Å²) in [5.74, 6) is 0. The van der Waals surface area contributed by atoms with Gasteiger partial charge in [-0.25, -0.2) is 0 Å². The zero-order chi connectivity index (χ0) is 13.5. The predicted molar refractivity (Wildman–Crippen MR) is 70.4 cm³/mol. The summed E-state index contributed by atoms with van der Waals surface area (Å²) >= 11 is 0. The lowest BCUT2D eigenvalue weighted by molar-refractivity contribution is -0.110. The Bertz CT molecular complexity index is 276. The molecule has 2 amide bonds. The van der Waals surface area contributed by atoms with Crippen molar-refractivity contribution in [1.29, 1.82) is 0 Å². The van der Waals surface area contributed by atoms with E-state index in [0.717, 1.165) is 12.8 Å². The van der Waals surface area contributed by atoms with Crippen LogP contribution in [0.15, 0.2) is 30.3 Å². The maximum absolute atomic E-state index is 10.1. The van der Waals surface area contributed by atoms with Crippen molar-refractivity contribution in [3.63, 3.8) is 0 Å². The molecule has 1 unspecified atom stereocenters. The molecule has 0 aliphatic carbocycles. The maximum Gasteiger partial charge on any atom is 0.207 e. The van der Waals surface area contributed by atoms with E-state index in [-0.39, 0.29) is 12.5 Å². The van der Waals surface area contributed by atoms with Gasteiger partial charge < -0.3 is 11.1 Å². The SMILES string of the molecule is CC.CC(Cc1ccccc1)NC=O.NC=O. The Morgan fingerprint density at radius 1 is 1.24 bits per heavy atom. The molecular formula is C13H22N2O2. The number of nitrogens with two attached hydrogens (primary N) is 1. The molecule has 0 spiro atoms. The van der Waals surface area contributed by atoms with Crippen LogP contribution in [0.5, 0.6) is 0 Å². The largest absolute Gasteiger partial charge is 0.372 e. The van der Waals surface area contributed by atoms with Crippen LogP contribution in [0.3, 0.4) is 0 Å². The van der Waals surface area contributed by atoms with E-state index >= 15 is 0 Å². The van der Waals surface area contributed by atoms with Gasteiger partial charge >= 0.3 is 0 Å². The number of rotatable bonds is 4. The van der Waals surface area contributed by atoms with E-state index in [1.54, 1.807) is 0 Å². The van der Waals surface area contributed by atoms with E-state index in [1.807, 2.05) is 39.0 Å². The molecule has 1 aromatic carbocycles. The average Bonchev–Trinajstić information content (AvgIpc) is 2.34. The van der Waals surface area contributed by atoms with Crippen LogP contribution < -0.4 is 11.1 Å². The first-order valence-electron chi connectivity index (χ1n) is 5.63. The number of benzene rings is 1. The van der Waals surface area contributed by atoms with Crippen molar-refractivity contribution in [2.45, 2.75) is 33.2 Å². The number of nitrogens with one attached hydrogen (secondary N) is 1. The quantitative estimate of drug-likeness (QED) is 0.780. The van der Waals surface area contributed by atoms with Gasteiger partial charge in [-0.3, -0.25) is 9.59 Å². The topological polar surface area (TPSA) is 72.2 Å². The number of primary amides is 1. The second kappa shape index (κ2) is 14.2. The van der Waals surface area contributed by atoms with Crippen LogP contribution in [0.2, 0.25) is 0 Å². The van der Waals surface area contributed by atoms with E-state index in [0.29, 0.717) is 0 Å². The standard InChI is InChI=1S/C10H13NO.C2H6.CH3NO/c1-9(11-8-12)7-10-5-3-2-4-6-10;1-2;2-1-3/h2-6,8-9H,7H2,1H3,(H,11,12);1-2H3;1H,(H2,2,3). The highest BCUT2D eigenvalue weighted by molar-refractivity contribution is 5.46. The van der Waals surface area contributed by atoms with Gasteiger partial charge in [0, 0.05) is 6.04 Å². The molecule has 0 aliphatic rings. The lowest BCUT2D eigenvalue weighted by atomic mass is 10.1. The van der Waals surface area contributed by atoms with Crippen LogP contribution in [0.4, 0.5) is 0 Å². The predicted octanol–water partition coefficient (Wildman–Crippen LogP) is 1.49. The Labute approximate surface area is 103 Å². The van der Waals surface area contributed by atoms with Gasteiger partial charge in [0.15, 0.2) is 0 Å². The van der Waals surface area contributed by atoms with Gasteiger partial charge in [0.1, 0.15) is 0 Å². The van der Waals surface area contributed by atoms with Crippen molar-refractivity contribution < 1.29 is 9.59 Å². The highest BCUT2D eigenvalue weighted by Gasteiger charge is 1.99. The van der Waals surface area contributed by atoms with Gasteiger partial charge in [0.05, 0.1) is 0 Å². The summed E-state index contributed by atoms with van der Waals surface area (Å²) in [6, 6.07) is 10.3. The number of carbonyl (C=O) groups is 2. The Kier molecular flexibility index (Phi) is 14.6. The second-order valence-electron chi connectivity index (χ2n) is 3.01. The highest BCUT2D eigenvalue weighted by Crippen LogP contribution is 2.01. The summed E-state index contributed by atoms with van der Waals surface area (Å²) in [6.45, 7) is 5.99. The Morgan fingerprint density at radius 3 is 2.12 bits per heavy atom. The van der Waals surface area contributed by atoms with Crippen LogP contribution in [0.25, 0.3) is 0 Å². The zero-order valence-corrected chi connectivity index (χ0v) is 10.7. The third-order valence-electron chi connectivity index (χ3n) is 1.74. The molecule has 0 saturated heterocycles. The molecule has 1 aromatic rings. The number of carbonyl (C=O) groups excluding carboxylic acids is 2. The van der Waals surface area contributed by atoms with Gasteiger partial charge in [-0.15, -0.1) is 0 Å². The van der Waals surface area contributed by atoms with Gasteiger partial charge in [-0.2, -0.15) is 0 Å². The summed E-state index contributed by atoms with van der Waals surface area (Å²) in [4.78, 5) is 18.7. The normalized spacial score (nSPS) is 9.59. The van der Waals surface area contributed by atoms with E-state index in [2.05, 4.69) is 23.2 Å². The monoisotopic (exact) mass is 238 g/mol. The molecule has 0 radical (unpaired) electrons. The fraction of sp³-hybridized carbons (Fsp3) is 0.385. The van der Waals surface area contributed by atoms with E-state index in [1.165, 1.54) is 5.56 Å². The first kappa shape index (κ1) is 17.6. The second-order valence-corrected chi connectivity index (χ2v) is 3.01. The molecule has 0 aromatic heterocycles. The van der Waals surface area contributed by atoms with Crippen molar-refractivity contribution in [3.8, 4) is 0 Å². The minimum absolute atomic E-state index is 0.213. The van der Waals surface area contributed by atoms with Crippen LogP contribution in [-0.4, -0.2) is 18.9 Å². The Balaban J connectivity index is 0. The molecule has 0 heterocycles. The molecule has 3 N–H and O–H groups in total.